The van der Waals surface area contributed by atoms with Crippen molar-refractivity contribution in [3.63, 3.8) is 0 Å². The van der Waals surface area contributed by atoms with Crippen LogP contribution in [0.2, 0.25) is 0 Å². The van der Waals surface area contributed by atoms with Crippen LogP contribution in [0.1, 0.15) is 22.2 Å². The van der Waals surface area contributed by atoms with E-state index in [2.05, 4.69) is 40.6 Å². The van der Waals surface area contributed by atoms with Gasteiger partial charge >= 0.3 is 0 Å². The van der Waals surface area contributed by atoms with Gasteiger partial charge in [0.15, 0.2) is 0 Å². The van der Waals surface area contributed by atoms with Crippen molar-refractivity contribution in [3.8, 4) is 11.1 Å². The Balaban J connectivity index is 1.44. The number of nitrogens with one attached hydrogen (secondary N) is 1. The van der Waals surface area contributed by atoms with Crippen LogP contribution in [0, 0.1) is 0 Å². The number of benzene rings is 3. The van der Waals surface area contributed by atoms with Crippen molar-refractivity contribution >= 4 is 17.2 Å². The van der Waals surface area contributed by atoms with Gasteiger partial charge in [-0.05, 0) is 29.3 Å². The van der Waals surface area contributed by atoms with Crippen LogP contribution in [0.25, 0.3) is 11.1 Å². The summed E-state index contributed by atoms with van der Waals surface area (Å²) in [5.41, 5.74) is 4.61. The summed E-state index contributed by atoms with van der Waals surface area (Å²) in [6, 6.07) is 28.4. The molecule has 4 rings (SSSR count). The van der Waals surface area contributed by atoms with Crippen LogP contribution in [-0.4, -0.2) is 29.4 Å². The topological polar surface area (TPSA) is 45.2 Å². The van der Waals surface area contributed by atoms with Gasteiger partial charge in [0.2, 0.25) is 5.91 Å². The highest BCUT2D eigenvalue weighted by atomic mass is 32.1. The second-order valence-electron chi connectivity index (χ2n) is 7.48. The average molecular weight is 428 g/mol. The molecule has 0 saturated heterocycles. The highest BCUT2D eigenvalue weighted by Gasteiger charge is 2.20. The molecule has 0 bridgehead atoms. The molecule has 3 aromatic carbocycles. The Morgan fingerprint density at radius 3 is 2.35 bits per heavy atom. The lowest BCUT2D eigenvalue weighted by atomic mass is 9.99. The maximum Gasteiger partial charge on any atom is 0.235 e. The molecule has 0 fully saturated rings. The number of amides is 1. The minimum absolute atomic E-state index is 0.0243. The molecule has 5 heteroatoms. The SMILES string of the molecule is CN(CC(=O)NC(c1ccccc1)c1nccs1)Cc1ccccc1-c1ccccc1. The van der Waals surface area contributed by atoms with Crippen LogP contribution in [0.15, 0.2) is 96.5 Å². The van der Waals surface area contributed by atoms with Crippen molar-refractivity contribution in [2.24, 2.45) is 0 Å². The number of thiazole rings is 1. The maximum atomic E-state index is 12.9. The fourth-order valence-corrected chi connectivity index (χ4v) is 4.38. The van der Waals surface area contributed by atoms with Crippen molar-refractivity contribution in [2.45, 2.75) is 12.6 Å². The van der Waals surface area contributed by atoms with E-state index in [4.69, 9.17) is 0 Å². The summed E-state index contributed by atoms with van der Waals surface area (Å²) in [7, 11) is 1.97. The van der Waals surface area contributed by atoms with E-state index < -0.39 is 0 Å². The molecule has 0 aliphatic heterocycles. The predicted molar refractivity (Wildman–Crippen MR) is 127 cm³/mol. The van der Waals surface area contributed by atoms with E-state index in [1.165, 1.54) is 16.7 Å². The molecule has 1 aromatic heterocycles. The summed E-state index contributed by atoms with van der Waals surface area (Å²) < 4.78 is 0. The molecule has 1 N–H and O–H groups in total. The minimum atomic E-state index is -0.237. The van der Waals surface area contributed by atoms with Crippen LogP contribution >= 0.6 is 11.3 Å². The Morgan fingerprint density at radius 1 is 0.968 bits per heavy atom. The van der Waals surface area contributed by atoms with E-state index in [0.29, 0.717) is 13.1 Å². The molecule has 0 saturated carbocycles. The fraction of sp³-hybridized carbons (Fsp3) is 0.154. The largest absolute Gasteiger partial charge is 0.342 e. The number of likely N-dealkylation sites (N-methyl/N-ethyl adjacent to an activating group) is 1. The zero-order valence-electron chi connectivity index (χ0n) is 17.4. The number of carbonyl (C=O) groups excluding carboxylic acids is 1. The average Bonchev–Trinajstić information content (AvgIpc) is 3.33. The van der Waals surface area contributed by atoms with Crippen LogP contribution < -0.4 is 5.32 Å². The van der Waals surface area contributed by atoms with Crippen LogP contribution in [0.5, 0.6) is 0 Å². The first-order valence-electron chi connectivity index (χ1n) is 10.3. The zero-order valence-corrected chi connectivity index (χ0v) is 18.3. The summed E-state index contributed by atoms with van der Waals surface area (Å²) in [5, 5.41) is 5.99. The third-order valence-electron chi connectivity index (χ3n) is 5.09. The quantitative estimate of drug-likeness (QED) is 0.423. The summed E-state index contributed by atoms with van der Waals surface area (Å²) in [4.78, 5) is 19.4. The lowest BCUT2D eigenvalue weighted by Crippen LogP contribution is -2.37. The van der Waals surface area contributed by atoms with E-state index >= 15 is 0 Å². The van der Waals surface area contributed by atoms with E-state index in [9.17, 15) is 4.79 Å². The highest BCUT2D eigenvalue weighted by Crippen LogP contribution is 2.25. The molecular weight excluding hydrogens is 402 g/mol. The summed E-state index contributed by atoms with van der Waals surface area (Å²) in [6.07, 6.45) is 1.77. The smallest absolute Gasteiger partial charge is 0.235 e. The third-order valence-corrected chi connectivity index (χ3v) is 5.93. The molecule has 0 aliphatic rings. The Bertz CT molecular complexity index is 1100. The molecule has 0 spiro atoms. The molecule has 4 aromatic rings. The van der Waals surface area contributed by atoms with Crippen molar-refractivity contribution in [1.82, 2.24) is 15.2 Å². The monoisotopic (exact) mass is 427 g/mol. The Labute approximate surface area is 187 Å². The van der Waals surface area contributed by atoms with Gasteiger partial charge in [-0.3, -0.25) is 9.69 Å². The van der Waals surface area contributed by atoms with Gasteiger partial charge in [-0.25, -0.2) is 4.98 Å². The van der Waals surface area contributed by atoms with Gasteiger partial charge in [-0.1, -0.05) is 84.9 Å². The lowest BCUT2D eigenvalue weighted by Gasteiger charge is -2.21. The first kappa shape index (κ1) is 21.0. The molecule has 4 nitrogen and oxygen atoms in total. The molecule has 1 heterocycles. The molecule has 0 radical (unpaired) electrons. The van der Waals surface area contributed by atoms with Gasteiger partial charge in [-0.2, -0.15) is 0 Å². The molecule has 31 heavy (non-hydrogen) atoms. The Kier molecular flexibility index (Phi) is 6.87. The second kappa shape index (κ2) is 10.2. The maximum absolute atomic E-state index is 12.9. The molecular formula is C26H25N3OS. The van der Waals surface area contributed by atoms with Gasteiger partial charge in [0, 0.05) is 18.1 Å². The van der Waals surface area contributed by atoms with Crippen LogP contribution in [0.4, 0.5) is 0 Å². The lowest BCUT2D eigenvalue weighted by molar-refractivity contribution is -0.122. The first-order valence-corrected chi connectivity index (χ1v) is 11.1. The number of hydrogen-bond acceptors (Lipinski definition) is 4. The normalized spacial score (nSPS) is 11.9. The van der Waals surface area contributed by atoms with Gasteiger partial charge in [-0.15, -0.1) is 11.3 Å². The van der Waals surface area contributed by atoms with Crippen molar-refractivity contribution in [1.29, 1.82) is 0 Å². The number of rotatable bonds is 8. The standard InChI is InChI=1S/C26H25N3OS/c1-29(18-22-14-8-9-15-23(22)20-10-4-2-5-11-20)19-24(30)28-25(26-27-16-17-31-26)21-12-6-3-7-13-21/h2-17,25H,18-19H2,1H3,(H,28,30). The van der Waals surface area contributed by atoms with Crippen LogP contribution in [-0.2, 0) is 11.3 Å². The number of aromatic nitrogens is 1. The van der Waals surface area contributed by atoms with E-state index in [1.807, 2.05) is 71.9 Å². The molecule has 1 unspecified atom stereocenters. The van der Waals surface area contributed by atoms with Gasteiger partial charge in [0.25, 0.3) is 0 Å². The number of carbonyl (C=O) groups is 1. The Morgan fingerprint density at radius 2 is 1.65 bits per heavy atom. The van der Waals surface area contributed by atoms with E-state index in [0.717, 1.165) is 10.6 Å². The van der Waals surface area contributed by atoms with Crippen molar-refractivity contribution < 1.29 is 4.79 Å². The predicted octanol–water partition coefficient (Wildman–Crippen LogP) is 5.15. The highest BCUT2D eigenvalue weighted by molar-refractivity contribution is 7.09. The van der Waals surface area contributed by atoms with E-state index in [1.54, 1.807) is 17.5 Å². The van der Waals surface area contributed by atoms with Crippen molar-refractivity contribution in [2.75, 3.05) is 13.6 Å². The number of hydrogen-bond donors (Lipinski definition) is 1. The summed E-state index contributed by atoms with van der Waals surface area (Å²) >= 11 is 1.55. The van der Waals surface area contributed by atoms with Gasteiger partial charge in [0.1, 0.15) is 11.0 Å². The molecule has 1 atom stereocenters. The molecule has 156 valence electrons. The third kappa shape index (κ3) is 5.45. The molecule has 1 amide bonds. The summed E-state index contributed by atoms with van der Waals surface area (Å²) in [5.74, 6) is -0.0243. The molecule has 0 aliphatic carbocycles. The van der Waals surface area contributed by atoms with Gasteiger partial charge < -0.3 is 5.32 Å². The minimum Gasteiger partial charge on any atom is -0.342 e. The summed E-state index contributed by atoms with van der Waals surface area (Å²) in [6.45, 7) is 0.990. The Hall–Kier alpha value is -3.28. The number of nitrogens with zero attached hydrogens (tertiary/aromatic N) is 2. The first-order chi connectivity index (χ1) is 15.2. The second-order valence-corrected chi connectivity index (χ2v) is 8.40. The van der Waals surface area contributed by atoms with Crippen molar-refractivity contribution in [3.05, 3.63) is 113 Å². The van der Waals surface area contributed by atoms with Gasteiger partial charge in [0.05, 0.1) is 6.54 Å². The van der Waals surface area contributed by atoms with Crippen LogP contribution in [0.3, 0.4) is 0 Å². The van der Waals surface area contributed by atoms with E-state index in [-0.39, 0.29) is 11.9 Å². The fourth-order valence-electron chi connectivity index (χ4n) is 3.67. The zero-order chi connectivity index (χ0) is 21.5.